The normalized spacial score (nSPS) is 11.8. The van der Waals surface area contributed by atoms with E-state index in [1.807, 2.05) is 24.3 Å². The van der Waals surface area contributed by atoms with Gasteiger partial charge in [0.15, 0.2) is 0 Å². The van der Waals surface area contributed by atoms with Crippen LogP contribution < -0.4 is 10.9 Å². The molecule has 0 saturated heterocycles. The van der Waals surface area contributed by atoms with Crippen LogP contribution in [0.5, 0.6) is 0 Å². The number of benzene rings is 2. The van der Waals surface area contributed by atoms with Crippen molar-refractivity contribution in [2.24, 2.45) is 0 Å². The number of fused-ring (bicyclic) bond motifs is 2. The maximum atomic E-state index is 13.7. The van der Waals surface area contributed by atoms with Crippen molar-refractivity contribution in [3.05, 3.63) is 88.0 Å². The molecule has 0 spiro atoms. The average Bonchev–Trinajstić information content (AvgIpc) is 2.82. The van der Waals surface area contributed by atoms with Crippen molar-refractivity contribution in [3.63, 3.8) is 0 Å². The molecule has 0 unspecified atom stereocenters. The van der Waals surface area contributed by atoms with Crippen molar-refractivity contribution in [2.75, 3.05) is 11.9 Å². The Kier molecular flexibility index (Phi) is 5.52. The number of nitrogens with one attached hydrogen (secondary N) is 1. The highest BCUT2D eigenvalue weighted by Crippen LogP contribution is 2.28. The number of aromatic nitrogens is 4. The van der Waals surface area contributed by atoms with Gasteiger partial charge in [0, 0.05) is 39.5 Å². The monoisotopic (exact) mass is 525 g/mol. The first-order valence-corrected chi connectivity index (χ1v) is 10.9. The van der Waals surface area contributed by atoms with Gasteiger partial charge in [-0.2, -0.15) is 13.2 Å². The van der Waals surface area contributed by atoms with Crippen LogP contribution in [0.1, 0.15) is 0 Å². The Hall–Kier alpha value is -3.79. The second kappa shape index (κ2) is 8.53. The van der Waals surface area contributed by atoms with Gasteiger partial charge < -0.3 is 5.32 Å². The number of halogens is 4. The first kappa shape index (κ1) is 22.0. The van der Waals surface area contributed by atoms with Gasteiger partial charge in [-0.05, 0) is 42.0 Å². The molecule has 3 heterocycles. The summed E-state index contributed by atoms with van der Waals surface area (Å²) in [6, 6.07) is 16.2. The molecule has 0 saturated carbocycles. The third-order valence-corrected chi connectivity index (χ3v) is 5.73. The predicted octanol–water partition coefficient (Wildman–Crippen LogP) is 5.73. The average molecular weight is 526 g/mol. The van der Waals surface area contributed by atoms with Crippen LogP contribution in [0.2, 0.25) is 0 Å². The number of hydrogen-bond donors (Lipinski definition) is 1. The standard InChI is InChI=1S/C24H15BrF3N5O/c25-17-5-3-14(4-6-17)20-21-16(11-30-23(32-21)31-13-24(26,27)28)12-33(22(20)34)18-7-8-19-15(10-18)2-1-9-29-19/h1-12H,13H2,(H,31,32). The van der Waals surface area contributed by atoms with Crippen molar-refractivity contribution in [1.82, 2.24) is 19.5 Å². The Bertz CT molecular complexity index is 1580. The molecule has 0 bridgehead atoms. The minimum absolute atomic E-state index is 0.211. The lowest BCUT2D eigenvalue weighted by Gasteiger charge is -2.14. The van der Waals surface area contributed by atoms with Gasteiger partial charge in [-0.1, -0.05) is 34.1 Å². The van der Waals surface area contributed by atoms with Crippen LogP contribution in [-0.2, 0) is 0 Å². The van der Waals surface area contributed by atoms with Crippen molar-refractivity contribution >= 4 is 43.7 Å². The van der Waals surface area contributed by atoms with Crippen LogP contribution in [0.15, 0.2) is 82.5 Å². The van der Waals surface area contributed by atoms with E-state index in [9.17, 15) is 18.0 Å². The Morgan fingerprint density at radius 2 is 1.79 bits per heavy atom. The number of pyridine rings is 2. The first-order valence-electron chi connectivity index (χ1n) is 10.1. The summed E-state index contributed by atoms with van der Waals surface area (Å²) in [6.45, 7) is -1.28. The maximum absolute atomic E-state index is 13.7. The molecule has 3 aromatic heterocycles. The lowest BCUT2D eigenvalue weighted by atomic mass is 10.0. The number of alkyl halides is 3. The van der Waals surface area contributed by atoms with E-state index >= 15 is 0 Å². The summed E-state index contributed by atoms with van der Waals surface area (Å²) in [5.41, 5.74) is 2.13. The summed E-state index contributed by atoms with van der Waals surface area (Å²) < 4.78 is 40.3. The zero-order chi connectivity index (χ0) is 23.9. The van der Waals surface area contributed by atoms with Crippen molar-refractivity contribution in [1.29, 1.82) is 0 Å². The van der Waals surface area contributed by atoms with E-state index in [0.717, 1.165) is 15.4 Å². The highest BCUT2D eigenvalue weighted by atomic mass is 79.9. The Morgan fingerprint density at radius 3 is 2.56 bits per heavy atom. The predicted molar refractivity (Wildman–Crippen MR) is 128 cm³/mol. The fourth-order valence-corrected chi connectivity index (χ4v) is 3.92. The summed E-state index contributed by atoms with van der Waals surface area (Å²) in [7, 11) is 0. The third kappa shape index (κ3) is 4.36. The van der Waals surface area contributed by atoms with Crippen molar-refractivity contribution in [3.8, 4) is 16.8 Å². The molecule has 10 heteroatoms. The molecule has 0 aliphatic rings. The Balaban J connectivity index is 1.73. The third-order valence-electron chi connectivity index (χ3n) is 5.20. The van der Waals surface area contributed by atoms with Crippen LogP contribution in [-0.4, -0.2) is 32.2 Å². The SMILES string of the molecule is O=c1c(-c2ccc(Br)cc2)c2nc(NCC(F)(F)F)ncc2cn1-c1ccc2ncccc2c1. The van der Waals surface area contributed by atoms with E-state index in [2.05, 4.69) is 36.2 Å². The molecule has 1 N–H and O–H groups in total. The molecule has 2 aromatic carbocycles. The molecular formula is C24H15BrF3N5O. The van der Waals surface area contributed by atoms with Gasteiger partial charge in [0.05, 0.1) is 16.6 Å². The van der Waals surface area contributed by atoms with E-state index in [1.54, 1.807) is 42.7 Å². The molecule has 0 atom stereocenters. The topological polar surface area (TPSA) is 72.7 Å². The van der Waals surface area contributed by atoms with E-state index in [-0.39, 0.29) is 22.6 Å². The lowest BCUT2D eigenvalue weighted by Crippen LogP contribution is -2.23. The smallest absolute Gasteiger partial charge is 0.345 e. The minimum Gasteiger partial charge on any atom is -0.345 e. The van der Waals surface area contributed by atoms with Crippen molar-refractivity contribution < 1.29 is 13.2 Å². The zero-order valence-corrected chi connectivity index (χ0v) is 18.9. The highest BCUT2D eigenvalue weighted by molar-refractivity contribution is 9.10. The fourth-order valence-electron chi connectivity index (χ4n) is 3.65. The summed E-state index contributed by atoms with van der Waals surface area (Å²) in [5.74, 6) is -0.211. The molecule has 0 aliphatic heterocycles. The highest BCUT2D eigenvalue weighted by Gasteiger charge is 2.27. The summed E-state index contributed by atoms with van der Waals surface area (Å²) in [5, 5.41) is 3.54. The van der Waals surface area contributed by atoms with E-state index in [4.69, 9.17) is 0 Å². The van der Waals surface area contributed by atoms with Gasteiger partial charge in [-0.15, -0.1) is 0 Å². The number of hydrogen-bond acceptors (Lipinski definition) is 5. The van der Waals surface area contributed by atoms with Crippen LogP contribution in [0, 0.1) is 0 Å². The number of nitrogens with zero attached hydrogens (tertiary/aromatic N) is 4. The molecule has 0 fully saturated rings. The molecule has 0 radical (unpaired) electrons. The quantitative estimate of drug-likeness (QED) is 0.324. The summed E-state index contributed by atoms with van der Waals surface area (Å²) in [4.78, 5) is 26.3. The van der Waals surface area contributed by atoms with Gasteiger partial charge in [-0.3, -0.25) is 14.3 Å². The molecule has 5 rings (SSSR count). The van der Waals surface area contributed by atoms with E-state index < -0.39 is 12.7 Å². The summed E-state index contributed by atoms with van der Waals surface area (Å²) in [6.07, 6.45) is 0.256. The Morgan fingerprint density at radius 1 is 1.00 bits per heavy atom. The van der Waals surface area contributed by atoms with E-state index in [1.165, 1.54) is 10.8 Å². The fraction of sp³-hybridized carbons (Fsp3) is 0.0833. The molecule has 5 aromatic rings. The van der Waals surface area contributed by atoms with E-state index in [0.29, 0.717) is 16.6 Å². The number of rotatable bonds is 4. The second-order valence-electron chi connectivity index (χ2n) is 7.53. The molecular weight excluding hydrogens is 511 g/mol. The molecule has 6 nitrogen and oxygen atoms in total. The largest absolute Gasteiger partial charge is 0.405 e. The number of anilines is 1. The van der Waals surface area contributed by atoms with Crippen LogP contribution in [0.3, 0.4) is 0 Å². The Labute approximate surface area is 199 Å². The molecule has 170 valence electrons. The van der Waals surface area contributed by atoms with Gasteiger partial charge >= 0.3 is 6.18 Å². The second-order valence-corrected chi connectivity index (χ2v) is 8.45. The zero-order valence-electron chi connectivity index (χ0n) is 17.3. The molecule has 0 aliphatic carbocycles. The van der Waals surface area contributed by atoms with Crippen LogP contribution in [0.25, 0.3) is 38.6 Å². The lowest BCUT2D eigenvalue weighted by molar-refractivity contribution is -0.115. The maximum Gasteiger partial charge on any atom is 0.405 e. The van der Waals surface area contributed by atoms with Gasteiger partial charge in [-0.25, -0.2) is 9.97 Å². The van der Waals surface area contributed by atoms with Gasteiger partial charge in [0.2, 0.25) is 5.95 Å². The van der Waals surface area contributed by atoms with Crippen LogP contribution in [0.4, 0.5) is 19.1 Å². The molecule has 0 amide bonds. The minimum atomic E-state index is -4.43. The summed E-state index contributed by atoms with van der Waals surface area (Å²) >= 11 is 3.38. The molecule has 34 heavy (non-hydrogen) atoms. The van der Waals surface area contributed by atoms with Gasteiger partial charge in [0.25, 0.3) is 5.56 Å². The van der Waals surface area contributed by atoms with Crippen molar-refractivity contribution in [2.45, 2.75) is 6.18 Å². The van der Waals surface area contributed by atoms with Gasteiger partial charge in [0.1, 0.15) is 6.54 Å². The first-order chi connectivity index (χ1) is 16.3. The van der Waals surface area contributed by atoms with Crippen LogP contribution >= 0.6 is 15.9 Å².